The smallest absolute Gasteiger partial charge is 0.333 e. The van der Waals surface area contributed by atoms with Crippen LogP contribution < -0.4 is 10.1 Å². The van der Waals surface area contributed by atoms with Crippen LogP contribution >= 0.6 is 0 Å². The normalized spacial score (nSPS) is 10.1. The van der Waals surface area contributed by atoms with Crippen LogP contribution in [-0.2, 0) is 6.54 Å². The third kappa shape index (κ3) is 3.23. The molecule has 0 fully saturated rings. The lowest BCUT2D eigenvalue weighted by Crippen LogP contribution is -2.05. The molecule has 0 amide bonds. The molecule has 0 bridgehead atoms. The number of aromatic nitrogens is 1. The van der Waals surface area contributed by atoms with Crippen molar-refractivity contribution in [3.63, 3.8) is 0 Å². The molecule has 1 aromatic heterocycles. The molecule has 0 saturated carbocycles. The lowest BCUT2D eigenvalue weighted by molar-refractivity contribution is -0.384. The topological polar surface area (TPSA) is 77.3 Å². The second-order valence-corrected chi connectivity index (χ2v) is 4.06. The second kappa shape index (κ2) is 6.51. The molecule has 104 valence electrons. The number of hydrogen-bond donors (Lipinski definition) is 1. The summed E-state index contributed by atoms with van der Waals surface area (Å²) in [5.41, 5.74) is 1.34. The van der Waals surface area contributed by atoms with Crippen molar-refractivity contribution >= 4 is 11.4 Å². The van der Waals surface area contributed by atoms with Gasteiger partial charge in [-0.1, -0.05) is 12.1 Å². The van der Waals surface area contributed by atoms with Crippen molar-refractivity contribution in [3.8, 4) is 5.75 Å². The first-order chi connectivity index (χ1) is 9.72. The summed E-state index contributed by atoms with van der Waals surface area (Å²) in [6, 6.07) is 8.71. The predicted molar refractivity (Wildman–Crippen MR) is 75.8 cm³/mol. The lowest BCUT2D eigenvalue weighted by Gasteiger charge is -2.10. The minimum atomic E-state index is -0.434. The van der Waals surface area contributed by atoms with Gasteiger partial charge in [-0.05, 0) is 30.7 Å². The highest BCUT2D eigenvalue weighted by molar-refractivity contribution is 5.68. The average molecular weight is 273 g/mol. The van der Waals surface area contributed by atoms with Gasteiger partial charge in [0.15, 0.2) is 5.75 Å². The van der Waals surface area contributed by atoms with Crippen LogP contribution in [0.5, 0.6) is 5.75 Å². The van der Waals surface area contributed by atoms with Gasteiger partial charge in [0.2, 0.25) is 0 Å². The van der Waals surface area contributed by atoms with Gasteiger partial charge in [-0.3, -0.25) is 15.1 Å². The van der Waals surface area contributed by atoms with E-state index in [4.69, 9.17) is 4.74 Å². The van der Waals surface area contributed by atoms with Crippen LogP contribution in [0.4, 0.5) is 11.4 Å². The summed E-state index contributed by atoms with van der Waals surface area (Å²) >= 11 is 0. The number of rotatable bonds is 6. The first-order valence-electron chi connectivity index (χ1n) is 6.25. The van der Waals surface area contributed by atoms with Crippen LogP contribution in [0.25, 0.3) is 0 Å². The first kappa shape index (κ1) is 13.8. The van der Waals surface area contributed by atoms with Gasteiger partial charge in [0, 0.05) is 18.9 Å². The fourth-order valence-electron chi connectivity index (χ4n) is 1.83. The molecule has 0 radical (unpaired) electrons. The number of nitrogens with one attached hydrogen (secondary N) is 1. The number of nitro benzene ring substituents is 1. The van der Waals surface area contributed by atoms with E-state index in [0.717, 1.165) is 5.56 Å². The fourth-order valence-corrected chi connectivity index (χ4v) is 1.83. The Hall–Kier alpha value is -2.63. The van der Waals surface area contributed by atoms with E-state index in [9.17, 15) is 10.1 Å². The highest BCUT2D eigenvalue weighted by Crippen LogP contribution is 2.34. The number of benzene rings is 1. The molecule has 6 heteroatoms. The van der Waals surface area contributed by atoms with E-state index in [1.54, 1.807) is 37.5 Å². The summed E-state index contributed by atoms with van der Waals surface area (Å²) in [6.07, 6.45) is 3.40. The molecule has 2 rings (SSSR count). The van der Waals surface area contributed by atoms with Crippen molar-refractivity contribution in [3.05, 3.63) is 58.4 Å². The largest absolute Gasteiger partial charge is 0.487 e. The third-order valence-corrected chi connectivity index (χ3v) is 2.69. The molecule has 0 aliphatic heterocycles. The Kier molecular flexibility index (Phi) is 4.49. The van der Waals surface area contributed by atoms with E-state index in [1.165, 1.54) is 0 Å². The average Bonchev–Trinajstić information content (AvgIpc) is 2.46. The SMILES string of the molecule is CCOc1cccc(NCc2cccnc2)c1[N+](=O)[O-]. The molecule has 0 atom stereocenters. The maximum absolute atomic E-state index is 11.2. The third-order valence-electron chi connectivity index (χ3n) is 2.69. The molecule has 0 spiro atoms. The maximum Gasteiger partial charge on any atom is 0.333 e. The highest BCUT2D eigenvalue weighted by atomic mass is 16.6. The van der Waals surface area contributed by atoms with E-state index in [2.05, 4.69) is 10.3 Å². The van der Waals surface area contributed by atoms with Crippen LogP contribution in [0.3, 0.4) is 0 Å². The zero-order valence-corrected chi connectivity index (χ0v) is 11.1. The first-order valence-corrected chi connectivity index (χ1v) is 6.25. The van der Waals surface area contributed by atoms with Crippen LogP contribution in [0.15, 0.2) is 42.7 Å². The molecule has 1 N–H and O–H groups in total. The van der Waals surface area contributed by atoms with Crippen molar-refractivity contribution in [2.75, 3.05) is 11.9 Å². The molecular formula is C14H15N3O3. The summed E-state index contributed by atoms with van der Waals surface area (Å²) in [4.78, 5) is 14.8. The van der Waals surface area contributed by atoms with E-state index in [0.29, 0.717) is 18.8 Å². The Morgan fingerprint density at radius 2 is 2.20 bits per heavy atom. The van der Waals surface area contributed by atoms with Crippen LogP contribution in [-0.4, -0.2) is 16.5 Å². The van der Waals surface area contributed by atoms with Crippen molar-refractivity contribution in [1.82, 2.24) is 4.98 Å². The molecular weight excluding hydrogens is 258 g/mol. The molecule has 1 heterocycles. The molecule has 6 nitrogen and oxygen atoms in total. The number of nitro groups is 1. The predicted octanol–water partition coefficient (Wildman–Crippen LogP) is 3.00. The molecule has 0 aliphatic rings. The minimum absolute atomic E-state index is 0.0433. The zero-order chi connectivity index (χ0) is 14.4. The van der Waals surface area contributed by atoms with E-state index >= 15 is 0 Å². The van der Waals surface area contributed by atoms with Crippen molar-refractivity contribution in [2.45, 2.75) is 13.5 Å². The van der Waals surface area contributed by atoms with Crippen molar-refractivity contribution < 1.29 is 9.66 Å². The van der Waals surface area contributed by atoms with Crippen molar-refractivity contribution in [2.24, 2.45) is 0 Å². The van der Waals surface area contributed by atoms with Gasteiger partial charge in [0.25, 0.3) is 0 Å². The van der Waals surface area contributed by atoms with Crippen LogP contribution in [0, 0.1) is 10.1 Å². The molecule has 0 aliphatic carbocycles. The fraction of sp³-hybridized carbons (Fsp3) is 0.214. The molecule has 0 unspecified atom stereocenters. The van der Waals surface area contributed by atoms with E-state index in [-0.39, 0.29) is 11.4 Å². The molecule has 2 aromatic rings. The minimum Gasteiger partial charge on any atom is -0.487 e. The van der Waals surface area contributed by atoms with Gasteiger partial charge in [-0.25, -0.2) is 0 Å². The van der Waals surface area contributed by atoms with Gasteiger partial charge < -0.3 is 10.1 Å². The Bertz CT molecular complexity index is 587. The summed E-state index contributed by atoms with van der Waals surface area (Å²) in [5.74, 6) is 0.272. The standard InChI is InChI=1S/C14H15N3O3/c1-2-20-13-7-3-6-12(14(13)17(18)19)16-10-11-5-4-8-15-9-11/h3-9,16H,2,10H2,1H3. The van der Waals surface area contributed by atoms with Gasteiger partial charge >= 0.3 is 5.69 Å². The zero-order valence-electron chi connectivity index (χ0n) is 11.1. The maximum atomic E-state index is 11.2. The molecule has 1 aromatic carbocycles. The summed E-state index contributed by atoms with van der Waals surface area (Å²) in [6.45, 7) is 2.64. The number of para-hydroxylation sites is 1. The quantitative estimate of drug-likeness (QED) is 0.646. The number of anilines is 1. The number of ether oxygens (including phenoxy) is 1. The number of pyridine rings is 1. The van der Waals surface area contributed by atoms with Gasteiger partial charge in [0.05, 0.1) is 11.5 Å². The van der Waals surface area contributed by atoms with Crippen LogP contribution in [0.2, 0.25) is 0 Å². The number of nitrogens with zero attached hydrogens (tertiary/aromatic N) is 2. The van der Waals surface area contributed by atoms with E-state index in [1.807, 2.05) is 12.1 Å². The highest BCUT2D eigenvalue weighted by Gasteiger charge is 2.20. The Labute approximate surface area is 116 Å². The van der Waals surface area contributed by atoms with E-state index < -0.39 is 4.92 Å². The molecule has 0 saturated heterocycles. The summed E-state index contributed by atoms with van der Waals surface area (Å²) < 4.78 is 5.30. The lowest BCUT2D eigenvalue weighted by atomic mass is 10.2. The second-order valence-electron chi connectivity index (χ2n) is 4.06. The molecule has 20 heavy (non-hydrogen) atoms. The Morgan fingerprint density at radius 3 is 2.85 bits per heavy atom. The van der Waals surface area contributed by atoms with Gasteiger partial charge in [-0.15, -0.1) is 0 Å². The van der Waals surface area contributed by atoms with Gasteiger partial charge in [0.1, 0.15) is 5.69 Å². The summed E-state index contributed by atoms with van der Waals surface area (Å²) in [5, 5.41) is 14.2. The summed E-state index contributed by atoms with van der Waals surface area (Å²) in [7, 11) is 0. The Balaban J connectivity index is 2.22. The van der Waals surface area contributed by atoms with Gasteiger partial charge in [-0.2, -0.15) is 0 Å². The van der Waals surface area contributed by atoms with Crippen molar-refractivity contribution in [1.29, 1.82) is 0 Å². The monoisotopic (exact) mass is 273 g/mol. The Morgan fingerprint density at radius 1 is 1.35 bits per heavy atom. The number of hydrogen-bond acceptors (Lipinski definition) is 5. The van der Waals surface area contributed by atoms with Crippen LogP contribution in [0.1, 0.15) is 12.5 Å².